The predicted molar refractivity (Wildman–Crippen MR) is 102 cm³/mol. The lowest BCUT2D eigenvalue weighted by Crippen LogP contribution is -2.27. The molecule has 0 saturated carbocycles. The number of carboxylic acids is 1. The van der Waals surface area contributed by atoms with E-state index in [1.165, 1.54) is 0 Å². The first-order chi connectivity index (χ1) is 12.8. The first-order valence-electron chi connectivity index (χ1n) is 9.20. The van der Waals surface area contributed by atoms with Gasteiger partial charge >= 0.3 is 11.9 Å². The molecule has 1 rings (SSSR count). The molecule has 0 spiro atoms. The van der Waals surface area contributed by atoms with Gasteiger partial charge in [0.25, 0.3) is 0 Å². The maximum atomic E-state index is 11.9. The molecular formula is C20H31NO6. The molecule has 152 valence electrons. The number of aliphatic hydroxyl groups excluding tert-OH is 1. The standard InChI is InChI=1S/C20H31NO6/c1-20(2,3)19(25)27-14-17(18(23)24)15-6-8-16(9-7-15)26-13-5-11-21-10-4-12-22/h6-9,17,21-22H,4-5,10-14H2,1-3H3,(H,23,24). The molecule has 0 fully saturated rings. The lowest BCUT2D eigenvalue weighted by Gasteiger charge is -2.19. The van der Waals surface area contributed by atoms with Crippen LogP contribution in [0.3, 0.4) is 0 Å². The van der Waals surface area contributed by atoms with E-state index in [0.717, 1.165) is 25.9 Å². The van der Waals surface area contributed by atoms with Crippen molar-refractivity contribution < 1.29 is 29.3 Å². The Morgan fingerprint density at radius 3 is 2.30 bits per heavy atom. The van der Waals surface area contributed by atoms with Crippen LogP contribution in [0.1, 0.15) is 45.1 Å². The third-order valence-electron chi connectivity index (χ3n) is 3.85. The number of esters is 1. The number of benzene rings is 1. The van der Waals surface area contributed by atoms with E-state index in [0.29, 0.717) is 17.9 Å². The number of carboxylic acid groups (broad SMARTS) is 1. The molecular weight excluding hydrogens is 350 g/mol. The highest BCUT2D eigenvalue weighted by Crippen LogP contribution is 2.22. The van der Waals surface area contributed by atoms with Crippen LogP contribution in [0, 0.1) is 5.41 Å². The van der Waals surface area contributed by atoms with Crippen LogP contribution in [0.5, 0.6) is 5.75 Å². The number of carbonyl (C=O) groups excluding carboxylic acids is 1. The van der Waals surface area contributed by atoms with Crippen molar-refractivity contribution in [2.24, 2.45) is 5.41 Å². The summed E-state index contributed by atoms with van der Waals surface area (Å²) in [6.45, 7) is 7.27. The van der Waals surface area contributed by atoms with Crippen molar-refractivity contribution in [2.75, 3.05) is 32.9 Å². The van der Waals surface area contributed by atoms with Crippen molar-refractivity contribution in [1.29, 1.82) is 0 Å². The van der Waals surface area contributed by atoms with Crippen LogP contribution >= 0.6 is 0 Å². The Kier molecular flexibility index (Phi) is 9.82. The molecule has 0 aromatic heterocycles. The zero-order valence-corrected chi connectivity index (χ0v) is 16.4. The van der Waals surface area contributed by atoms with Gasteiger partial charge in [-0.05, 0) is 64.4 Å². The summed E-state index contributed by atoms with van der Waals surface area (Å²) in [5.41, 5.74) is -0.115. The van der Waals surface area contributed by atoms with Crippen molar-refractivity contribution in [3.63, 3.8) is 0 Å². The number of aliphatic hydroxyl groups is 1. The van der Waals surface area contributed by atoms with Gasteiger partial charge in [0.15, 0.2) is 0 Å². The van der Waals surface area contributed by atoms with Gasteiger partial charge in [-0.25, -0.2) is 0 Å². The normalized spacial score (nSPS) is 12.4. The number of hydrogen-bond donors (Lipinski definition) is 3. The van der Waals surface area contributed by atoms with Crippen LogP contribution in [-0.2, 0) is 14.3 Å². The van der Waals surface area contributed by atoms with Crippen LogP contribution in [0.2, 0.25) is 0 Å². The Bertz CT molecular complexity index is 579. The summed E-state index contributed by atoms with van der Waals surface area (Å²) in [6.07, 6.45) is 1.56. The Labute approximate surface area is 160 Å². The van der Waals surface area contributed by atoms with Gasteiger partial charge in [0.05, 0.1) is 12.0 Å². The SMILES string of the molecule is CC(C)(C)C(=O)OCC(C(=O)O)c1ccc(OCCCNCCCO)cc1. The Hall–Kier alpha value is -2.12. The van der Waals surface area contributed by atoms with Gasteiger partial charge in [0, 0.05) is 6.61 Å². The van der Waals surface area contributed by atoms with Crippen LogP contribution < -0.4 is 10.1 Å². The molecule has 0 amide bonds. The lowest BCUT2D eigenvalue weighted by atomic mass is 9.97. The highest BCUT2D eigenvalue weighted by molar-refractivity contribution is 5.78. The fourth-order valence-electron chi connectivity index (χ4n) is 2.20. The number of ether oxygens (including phenoxy) is 2. The van der Waals surface area contributed by atoms with Crippen LogP contribution in [-0.4, -0.2) is 55.1 Å². The van der Waals surface area contributed by atoms with E-state index in [9.17, 15) is 14.7 Å². The molecule has 0 bridgehead atoms. The summed E-state index contributed by atoms with van der Waals surface area (Å²) in [5.74, 6) is -1.73. The molecule has 1 unspecified atom stereocenters. The van der Waals surface area contributed by atoms with E-state index in [1.54, 1.807) is 45.0 Å². The minimum atomic E-state index is -1.04. The topological polar surface area (TPSA) is 105 Å². The number of nitrogens with one attached hydrogen (secondary N) is 1. The first kappa shape index (κ1) is 22.9. The van der Waals surface area contributed by atoms with Crippen molar-refractivity contribution in [3.05, 3.63) is 29.8 Å². The summed E-state index contributed by atoms with van der Waals surface area (Å²) >= 11 is 0. The van der Waals surface area contributed by atoms with Crippen molar-refractivity contribution in [2.45, 2.75) is 39.5 Å². The lowest BCUT2D eigenvalue weighted by molar-refractivity contribution is -0.155. The number of hydrogen-bond acceptors (Lipinski definition) is 6. The average molecular weight is 381 g/mol. The summed E-state index contributed by atoms with van der Waals surface area (Å²) in [6, 6.07) is 6.79. The second-order valence-electron chi connectivity index (χ2n) is 7.34. The molecule has 0 radical (unpaired) electrons. The summed E-state index contributed by atoms with van der Waals surface area (Å²) in [5, 5.41) is 21.3. The number of carbonyl (C=O) groups is 2. The van der Waals surface area contributed by atoms with Gasteiger partial charge < -0.3 is 25.0 Å². The molecule has 0 saturated heterocycles. The van der Waals surface area contributed by atoms with Crippen molar-refractivity contribution >= 4 is 11.9 Å². The first-order valence-corrected chi connectivity index (χ1v) is 9.20. The molecule has 7 nitrogen and oxygen atoms in total. The smallest absolute Gasteiger partial charge is 0.314 e. The van der Waals surface area contributed by atoms with Gasteiger partial charge in [0.1, 0.15) is 18.3 Å². The Morgan fingerprint density at radius 2 is 1.74 bits per heavy atom. The van der Waals surface area contributed by atoms with Gasteiger partial charge in [-0.1, -0.05) is 12.1 Å². The van der Waals surface area contributed by atoms with Gasteiger partial charge in [-0.15, -0.1) is 0 Å². The molecule has 0 aliphatic heterocycles. The third kappa shape index (κ3) is 8.88. The van der Waals surface area contributed by atoms with Crippen molar-refractivity contribution in [1.82, 2.24) is 5.32 Å². The second-order valence-corrected chi connectivity index (χ2v) is 7.34. The number of aliphatic carboxylic acids is 1. The van der Waals surface area contributed by atoms with E-state index >= 15 is 0 Å². The molecule has 0 aliphatic rings. The fraction of sp³-hybridized carbons (Fsp3) is 0.600. The maximum absolute atomic E-state index is 11.9. The van der Waals surface area contributed by atoms with E-state index in [2.05, 4.69) is 5.32 Å². The molecule has 0 aliphatic carbocycles. The second kappa shape index (κ2) is 11.6. The summed E-state index contributed by atoms with van der Waals surface area (Å²) in [4.78, 5) is 23.4. The molecule has 1 atom stereocenters. The van der Waals surface area contributed by atoms with E-state index in [-0.39, 0.29) is 13.2 Å². The maximum Gasteiger partial charge on any atom is 0.314 e. The van der Waals surface area contributed by atoms with Crippen LogP contribution in [0.4, 0.5) is 0 Å². The number of rotatable bonds is 12. The highest BCUT2D eigenvalue weighted by atomic mass is 16.5. The third-order valence-corrected chi connectivity index (χ3v) is 3.85. The molecule has 0 heterocycles. The zero-order chi connectivity index (χ0) is 20.3. The molecule has 1 aromatic rings. The van der Waals surface area contributed by atoms with Gasteiger partial charge in [-0.2, -0.15) is 0 Å². The quantitative estimate of drug-likeness (QED) is 0.376. The highest BCUT2D eigenvalue weighted by Gasteiger charge is 2.27. The largest absolute Gasteiger partial charge is 0.494 e. The Balaban J connectivity index is 2.49. The summed E-state index contributed by atoms with van der Waals surface area (Å²) in [7, 11) is 0. The summed E-state index contributed by atoms with van der Waals surface area (Å²) < 4.78 is 10.8. The van der Waals surface area contributed by atoms with E-state index < -0.39 is 23.3 Å². The van der Waals surface area contributed by atoms with Crippen LogP contribution in [0.25, 0.3) is 0 Å². The molecule has 27 heavy (non-hydrogen) atoms. The predicted octanol–water partition coefficient (Wildman–Crippen LogP) is 2.18. The average Bonchev–Trinajstić information content (AvgIpc) is 2.61. The zero-order valence-electron chi connectivity index (χ0n) is 16.4. The minimum absolute atomic E-state index is 0.183. The minimum Gasteiger partial charge on any atom is -0.494 e. The van der Waals surface area contributed by atoms with Gasteiger partial charge in [-0.3, -0.25) is 9.59 Å². The van der Waals surface area contributed by atoms with Crippen molar-refractivity contribution in [3.8, 4) is 5.75 Å². The van der Waals surface area contributed by atoms with E-state index in [1.807, 2.05) is 0 Å². The molecule has 7 heteroatoms. The van der Waals surface area contributed by atoms with Crippen LogP contribution in [0.15, 0.2) is 24.3 Å². The molecule has 1 aromatic carbocycles. The molecule has 3 N–H and O–H groups in total. The van der Waals surface area contributed by atoms with Gasteiger partial charge in [0.2, 0.25) is 0 Å². The van der Waals surface area contributed by atoms with E-state index in [4.69, 9.17) is 14.6 Å². The Morgan fingerprint density at radius 1 is 1.11 bits per heavy atom. The fourth-order valence-corrected chi connectivity index (χ4v) is 2.20. The monoisotopic (exact) mass is 381 g/mol.